The third kappa shape index (κ3) is 8.01. The van der Waals surface area contributed by atoms with Crippen LogP contribution in [0.4, 0.5) is 23.2 Å². The minimum absolute atomic E-state index is 0.0194. The molecule has 1 amide bonds. The first kappa shape index (κ1) is 28.2. The molecule has 0 fully saturated rings. The topological polar surface area (TPSA) is 55.4 Å². The second-order valence-electron chi connectivity index (χ2n) is 9.21. The van der Waals surface area contributed by atoms with E-state index in [1.165, 1.54) is 18.2 Å². The van der Waals surface area contributed by atoms with Crippen molar-refractivity contribution in [2.45, 2.75) is 58.7 Å². The number of carbonyl (C=O) groups excluding carboxylic acids is 2. The highest BCUT2D eigenvalue weighted by molar-refractivity contribution is 6.33. The lowest BCUT2D eigenvalue weighted by Crippen LogP contribution is -2.40. The summed E-state index contributed by atoms with van der Waals surface area (Å²) in [6.07, 6.45) is -2.15. The Morgan fingerprint density at radius 2 is 1.85 bits per heavy atom. The Hall–Kier alpha value is -2.06. The molecule has 188 valence electrons. The smallest absolute Gasteiger partial charge is 0.392 e. The SMILES string of the molecule is C[C@H]([C@H](C(=O)Nc1cc(CCC(=O)OC(C)(C)C)ccc1Cl)C1C=C(F)C(Cl)=CC1)C(F)(F)F. The number of allylic oxidation sites excluding steroid dienone is 4. The van der Waals surface area contributed by atoms with Crippen LogP contribution in [0.3, 0.4) is 0 Å². The Labute approximate surface area is 206 Å². The average Bonchev–Trinajstić information content (AvgIpc) is 2.69. The average molecular weight is 524 g/mol. The molecular weight excluding hydrogens is 497 g/mol. The van der Waals surface area contributed by atoms with Crippen LogP contribution in [0.1, 0.15) is 46.1 Å². The van der Waals surface area contributed by atoms with Crippen LogP contribution in [-0.2, 0) is 20.7 Å². The van der Waals surface area contributed by atoms with Crippen molar-refractivity contribution < 1.29 is 31.9 Å². The Morgan fingerprint density at radius 3 is 2.41 bits per heavy atom. The number of benzene rings is 1. The van der Waals surface area contributed by atoms with Crippen LogP contribution in [0.2, 0.25) is 5.02 Å². The fourth-order valence-electron chi connectivity index (χ4n) is 3.60. The van der Waals surface area contributed by atoms with Crippen molar-refractivity contribution in [1.29, 1.82) is 0 Å². The van der Waals surface area contributed by atoms with Gasteiger partial charge in [-0.2, -0.15) is 13.2 Å². The third-order valence-corrected chi connectivity index (χ3v) is 5.97. The summed E-state index contributed by atoms with van der Waals surface area (Å²) in [7, 11) is 0. The number of carbonyl (C=O) groups is 2. The zero-order valence-corrected chi connectivity index (χ0v) is 20.7. The number of alkyl halides is 3. The first-order valence-electron chi connectivity index (χ1n) is 10.7. The lowest BCUT2D eigenvalue weighted by Gasteiger charge is -2.31. The van der Waals surface area contributed by atoms with Gasteiger partial charge in [0.15, 0.2) is 0 Å². The third-order valence-electron chi connectivity index (χ3n) is 5.30. The fraction of sp³-hybridized carbons (Fsp3) is 0.500. The van der Waals surface area contributed by atoms with Crippen LogP contribution in [0.25, 0.3) is 0 Å². The van der Waals surface area contributed by atoms with Crippen molar-refractivity contribution >= 4 is 40.8 Å². The molecule has 4 nitrogen and oxygen atoms in total. The van der Waals surface area contributed by atoms with E-state index in [9.17, 15) is 27.2 Å². The molecule has 0 spiro atoms. The largest absolute Gasteiger partial charge is 0.460 e. The minimum Gasteiger partial charge on any atom is -0.460 e. The number of halogens is 6. The van der Waals surface area contributed by atoms with Crippen molar-refractivity contribution in [2.75, 3.05) is 5.32 Å². The normalized spacial score (nSPS) is 18.5. The number of hydrogen-bond donors (Lipinski definition) is 1. The van der Waals surface area contributed by atoms with Gasteiger partial charge in [-0.1, -0.05) is 42.3 Å². The van der Waals surface area contributed by atoms with Gasteiger partial charge in [-0.25, -0.2) is 4.39 Å². The molecule has 1 N–H and O–H groups in total. The van der Waals surface area contributed by atoms with Gasteiger partial charge in [0, 0.05) is 6.42 Å². The second-order valence-corrected chi connectivity index (χ2v) is 10.0. The second kappa shape index (κ2) is 11.1. The molecule has 0 heterocycles. The van der Waals surface area contributed by atoms with Crippen molar-refractivity contribution in [2.24, 2.45) is 17.8 Å². The maximum absolute atomic E-state index is 14.0. The highest BCUT2D eigenvalue weighted by atomic mass is 35.5. The molecule has 34 heavy (non-hydrogen) atoms. The number of aryl methyl sites for hydroxylation is 1. The summed E-state index contributed by atoms with van der Waals surface area (Å²) in [4.78, 5) is 25.0. The molecule has 0 bridgehead atoms. The number of rotatable bonds is 7. The van der Waals surface area contributed by atoms with Gasteiger partial charge in [-0.15, -0.1) is 0 Å². The van der Waals surface area contributed by atoms with Crippen LogP contribution in [0, 0.1) is 17.8 Å². The number of esters is 1. The highest BCUT2D eigenvalue weighted by Crippen LogP contribution is 2.41. The predicted molar refractivity (Wildman–Crippen MR) is 124 cm³/mol. The molecule has 0 aromatic heterocycles. The number of ether oxygens (including phenoxy) is 1. The molecule has 1 aromatic carbocycles. The standard InChI is InChI=1S/C24H27Cl2F4NO3/c1-13(24(28,29)30)21(15-7-9-16(25)18(27)12-15)22(33)31-19-11-14(5-8-17(19)26)6-10-20(32)34-23(2,3)4/h5,8-9,11-13,15,21H,6-7,10H2,1-4H3,(H,31,33)/t13-,15?,21+/m1/s1. The molecule has 0 radical (unpaired) electrons. The summed E-state index contributed by atoms with van der Waals surface area (Å²) >= 11 is 11.9. The van der Waals surface area contributed by atoms with E-state index in [2.05, 4.69) is 5.32 Å². The Morgan fingerprint density at radius 1 is 1.21 bits per heavy atom. The van der Waals surface area contributed by atoms with Crippen molar-refractivity contribution in [3.8, 4) is 0 Å². The Kier molecular flexibility index (Phi) is 9.22. The van der Waals surface area contributed by atoms with Crippen LogP contribution >= 0.6 is 23.2 Å². The number of hydrogen-bond acceptors (Lipinski definition) is 3. The first-order valence-corrected chi connectivity index (χ1v) is 11.5. The summed E-state index contributed by atoms with van der Waals surface area (Å²) in [5, 5.41) is 2.37. The van der Waals surface area contributed by atoms with Crippen LogP contribution in [0.5, 0.6) is 0 Å². The summed E-state index contributed by atoms with van der Waals surface area (Å²) in [6.45, 7) is 6.12. The van der Waals surface area contributed by atoms with E-state index in [4.69, 9.17) is 27.9 Å². The predicted octanol–water partition coefficient (Wildman–Crippen LogP) is 7.36. The van der Waals surface area contributed by atoms with E-state index in [0.717, 1.165) is 13.0 Å². The summed E-state index contributed by atoms with van der Waals surface area (Å²) in [5.41, 5.74) is 0.0956. The molecule has 0 saturated heterocycles. The molecule has 1 aliphatic carbocycles. The molecule has 1 unspecified atom stereocenters. The zero-order valence-electron chi connectivity index (χ0n) is 19.2. The van der Waals surface area contributed by atoms with Gasteiger partial charge in [0.25, 0.3) is 0 Å². The number of amides is 1. The van der Waals surface area contributed by atoms with Crippen LogP contribution < -0.4 is 5.32 Å². The summed E-state index contributed by atoms with van der Waals surface area (Å²) < 4.78 is 59.9. The van der Waals surface area contributed by atoms with Gasteiger partial charge in [-0.3, -0.25) is 9.59 Å². The molecule has 2 rings (SSSR count). The Balaban J connectivity index is 2.23. The fourth-order valence-corrected chi connectivity index (χ4v) is 3.91. The summed E-state index contributed by atoms with van der Waals surface area (Å²) in [5.74, 6) is -6.95. The van der Waals surface area contributed by atoms with E-state index in [0.29, 0.717) is 5.56 Å². The van der Waals surface area contributed by atoms with E-state index < -0.39 is 47.2 Å². The molecule has 1 aliphatic rings. The summed E-state index contributed by atoms with van der Waals surface area (Å²) in [6, 6.07) is 4.62. The van der Waals surface area contributed by atoms with E-state index in [1.54, 1.807) is 26.8 Å². The van der Waals surface area contributed by atoms with E-state index in [1.807, 2.05) is 0 Å². The monoisotopic (exact) mass is 523 g/mol. The van der Waals surface area contributed by atoms with Crippen molar-refractivity contribution in [3.05, 3.63) is 51.8 Å². The molecule has 10 heteroatoms. The number of nitrogens with one attached hydrogen (secondary N) is 1. The minimum atomic E-state index is -4.68. The van der Waals surface area contributed by atoms with Crippen molar-refractivity contribution in [1.82, 2.24) is 0 Å². The van der Waals surface area contributed by atoms with Gasteiger partial charge >= 0.3 is 12.1 Å². The zero-order chi connectivity index (χ0) is 25.8. The Bertz CT molecular complexity index is 983. The van der Waals surface area contributed by atoms with Crippen LogP contribution in [-0.4, -0.2) is 23.7 Å². The quantitative estimate of drug-likeness (QED) is 0.300. The molecule has 0 saturated carbocycles. The maximum atomic E-state index is 14.0. The van der Waals surface area contributed by atoms with Gasteiger partial charge in [-0.05, 0) is 63.3 Å². The number of anilines is 1. The molecule has 1 aromatic rings. The molecule has 3 atom stereocenters. The van der Waals surface area contributed by atoms with E-state index >= 15 is 0 Å². The molecule has 0 aliphatic heterocycles. The maximum Gasteiger partial charge on any atom is 0.392 e. The van der Waals surface area contributed by atoms with Crippen molar-refractivity contribution in [3.63, 3.8) is 0 Å². The van der Waals surface area contributed by atoms with Gasteiger partial charge in [0.2, 0.25) is 5.91 Å². The first-order chi connectivity index (χ1) is 15.6. The van der Waals surface area contributed by atoms with Crippen LogP contribution in [0.15, 0.2) is 41.2 Å². The van der Waals surface area contributed by atoms with E-state index in [-0.39, 0.29) is 35.0 Å². The molecular formula is C24H27Cl2F4NO3. The van der Waals surface area contributed by atoms with Gasteiger partial charge < -0.3 is 10.1 Å². The van der Waals surface area contributed by atoms with Gasteiger partial charge in [0.05, 0.1) is 27.6 Å². The lowest BCUT2D eigenvalue weighted by atomic mass is 9.78. The van der Waals surface area contributed by atoms with Gasteiger partial charge in [0.1, 0.15) is 11.4 Å². The highest BCUT2D eigenvalue weighted by Gasteiger charge is 2.47. The lowest BCUT2D eigenvalue weighted by molar-refractivity contribution is -0.188.